The Morgan fingerprint density at radius 2 is 2.06 bits per heavy atom. The van der Waals surface area contributed by atoms with Gasteiger partial charge in [0.1, 0.15) is 0 Å². The van der Waals surface area contributed by atoms with Crippen LogP contribution in [0.1, 0.15) is 34.0 Å². The van der Waals surface area contributed by atoms with Crippen LogP contribution >= 0.6 is 0 Å². The smallest absolute Gasteiger partial charge is 0.417 e. The molecule has 0 amide bonds. The minimum atomic E-state index is -4.68. The van der Waals surface area contributed by atoms with E-state index in [0.717, 1.165) is 6.07 Å². The number of hydrogen-bond acceptors (Lipinski definition) is 3. The number of carbonyl (C=O) groups is 1. The van der Waals surface area contributed by atoms with E-state index in [-0.39, 0.29) is 17.7 Å². The van der Waals surface area contributed by atoms with Gasteiger partial charge in [-0.1, -0.05) is 0 Å². The number of alkyl halides is 3. The molecular weight excluding hydrogens is 247 g/mol. The second-order valence-electron chi connectivity index (χ2n) is 3.54. The van der Waals surface area contributed by atoms with Crippen LogP contribution in [0.25, 0.3) is 0 Å². The van der Waals surface area contributed by atoms with Gasteiger partial charge < -0.3 is 4.74 Å². The zero-order valence-corrected chi connectivity index (χ0v) is 9.76. The van der Waals surface area contributed by atoms with E-state index in [1.807, 2.05) is 0 Å². The summed E-state index contributed by atoms with van der Waals surface area (Å²) in [5.74, 6) is -0.829. The molecule has 0 aliphatic rings. The second-order valence-corrected chi connectivity index (χ2v) is 3.54. The molecule has 96 valence electrons. The van der Waals surface area contributed by atoms with Crippen molar-refractivity contribution in [3.8, 4) is 6.07 Å². The van der Waals surface area contributed by atoms with Crippen molar-refractivity contribution in [3.63, 3.8) is 0 Å². The van der Waals surface area contributed by atoms with Gasteiger partial charge in [0.2, 0.25) is 0 Å². The first kappa shape index (κ1) is 14.0. The molecule has 0 spiro atoms. The molecule has 0 N–H and O–H groups in total. The summed E-state index contributed by atoms with van der Waals surface area (Å²) in [6, 6.07) is 3.16. The topological polar surface area (TPSA) is 50.1 Å². The fourth-order valence-corrected chi connectivity index (χ4v) is 1.46. The summed E-state index contributed by atoms with van der Waals surface area (Å²) >= 11 is 0. The lowest BCUT2D eigenvalue weighted by Crippen LogP contribution is -2.13. The Kier molecular flexibility index (Phi) is 3.96. The quantitative estimate of drug-likeness (QED) is 0.765. The van der Waals surface area contributed by atoms with Crippen LogP contribution in [0.3, 0.4) is 0 Å². The maximum atomic E-state index is 12.7. The van der Waals surface area contributed by atoms with E-state index < -0.39 is 23.3 Å². The molecule has 0 fully saturated rings. The number of aryl methyl sites for hydroxylation is 1. The van der Waals surface area contributed by atoms with Crippen molar-refractivity contribution in [3.05, 3.63) is 34.4 Å². The Balaban J connectivity index is 3.41. The highest BCUT2D eigenvalue weighted by Gasteiger charge is 2.35. The van der Waals surface area contributed by atoms with Gasteiger partial charge >= 0.3 is 12.1 Å². The van der Waals surface area contributed by atoms with E-state index in [9.17, 15) is 18.0 Å². The van der Waals surface area contributed by atoms with E-state index in [4.69, 9.17) is 5.26 Å². The lowest BCUT2D eigenvalue weighted by Gasteiger charge is -2.12. The fourth-order valence-electron chi connectivity index (χ4n) is 1.46. The zero-order valence-electron chi connectivity index (χ0n) is 9.76. The minimum Gasteiger partial charge on any atom is -0.462 e. The van der Waals surface area contributed by atoms with Gasteiger partial charge in [-0.2, -0.15) is 18.4 Å². The summed E-state index contributed by atoms with van der Waals surface area (Å²) in [4.78, 5) is 11.5. The normalized spacial score (nSPS) is 10.9. The third kappa shape index (κ3) is 2.80. The monoisotopic (exact) mass is 257 g/mol. The van der Waals surface area contributed by atoms with Crippen molar-refractivity contribution in [1.82, 2.24) is 0 Å². The number of ether oxygens (including phenoxy) is 1. The number of halogens is 3. The molecule has 6 heteroatoms. The molecule has 1 aromatic rings. The molecule has 0 unspecified atom stereocenters. The maximum Gasteiger partial charge on any atom is 0.417 e. The molecule has 0 aliphatic carbocycles. The predicted molar refractivity (Wildman–Crippen MR) is 56.9 cm³/mol. The van der Waals surface area contributed by atoms with Crippen molar-refractivity contribution in [1.29, 1.82) is 5.26 Å². The Morgan fingerprint density at radius 3 is 2.50 bits per heavy atom. The number of hydrogen-bond donors (Lipinski definition) is 0. The third-order valence-corrected chi connectivity index (χ3v) is 2.29. The van der Waals surface area contributed by atoms with Crippen LogP contribution in [0.2, 0.25) is 0 Å². The van der Waals surface area contributed by atoms with Gasteiger partial charge in [-0.05, 0) is 31.5 Å². The number of nitrogens with zero attached hydrogens (tertiary/aromatic N) is 1. The molecule has 0 saturated carbocycles. The molecular formula is C12H10F3NO2. The second kappa shape index (κ2) is 5.08. The molecule has 0 aromatic heterocycles. The van der Waals surface area contributed by atoms with E-state index in [0.29, 0.717) is 6.07 Å². The summed E-state index contributed by atoms with van der Waals surface area (Å²) in [5.41, 5.74) is -1.53. The van der Waals surface area contributed by atoms with Crippen LogP contribution in [0.4, 0.5) is 13.2 Å². The Morgan fingerprint density at radius 1 is 1.44 bits per heavy atom. The van der Waals surface area contributed by atoms with Gasteiger partial charge in [-0.15, -0.1) is 0 Å². The Labute approximate surface area is 102 Å². The maximum absolute atomic E-state index is 12.7. The van der Waals surface area contributed by atoms with E-state index in [1.165, 1.54) is 13.0 Å². The molecule has 0 heterocycles. The minimum absolute atomic E-state index is 0.0691. The fraction of sp³-hybridized carbons (Fsp3) is 0.333. The van der Waals surface area contributed by atoms with E-state index in [1.54, 1.807) is 6.92 Å². The number of nitriles is 1. The van der Waals surface area contributed by atoms with Crippen LogP contribution < -0.4 is 0 Å². The summed E-state index contributed by atoms with van der Waals surface area (Å²) in [7, 11) is 0. The van der Waals surface area contributed by atoms with Crippen LogP contribution in [-0.4, -0.2) is 12.6 Å². The highest BCUT2D eigenvalue weighted by atomic mass is 19.4. The van der Waals surface area contributed by atoms with Crippen LogP contribution in [0, 0.1) is 18.3 Å². The number of carbonyl (C=O) groups excluding carboxylic acids is 1. The first-order chi connectivity index (χ1) is 8.31. The molecule has 1 rings (SSSR count). The lowest BCUT2D eigenvalue weighted by molar-refractivity contribution is -0.137. The van der Waals surface area contributed by atoms with Crippen LogP contribution in [-0.2, 0) is 10.9 Å². The SMILES string of the molecule is CCOC(=O)c1cc(C(F)(F)F)c(C#N)cc1C. The van der Waals surface area contributed by atoms with E-state index in [2.05, 4.69) is 4.74 Å². The van der Waals surface area contributed by atoms with Crippen molar-refractivity contribution < 1.29 is 22.7 Å². The Hall–Kier alpha value is -2.03. The number of esters is 1. The van der Waals surface area contributed by atoms with Crippen molar-refractivity contribution in [2.24, 2.45) is 0 Å². The van der Waals surface area contributed by atoms with Crippen molar-refractivity contribution in [2.75, 3.05) is 6.61 Å². The van der Waals surface area contributed by atoms with Crippen LogP contribution in [0.15, 0.2) is 12.1 Å². The molecule has 0 aliphatic heterocycles. The molecule has 0 bridgehead atoms. The predicted octanol–water partition coefficient (Wildman–Crippen LogP) is 3.06. The van der Waals surface area contributed by atoms with Gasteiger partial charge in [0, 0.05) is 0 Å². The van der Waals surface area contributed by atoms with Gasteiger partial charge in [-0.25, -0.2) is 4.79 Å². The van der Waals surface area contributed by atoms with Gasteiger partial charge in [0.15, 0.2) is 0 Å². The van der Waals surface area contributed by atoms with Gasteiger partial charge in [0.25, 0.3) is 0 Å². The molecule has 0 radical (unpaired) electrons. The van der Waals surface area contributed by atoms with Gasteiger partial charge in [0.05, 0.1) is 29.4 Å². The first-order valence-electron chi connectivity index (χ1n) is 5.10. The number of benzene rings is 1. The van der Waals surface area contributed by atoms with Gasteiger partial charge in [-0.3, -0.25) is 0 Å². The highest BCUT2D eigenvalue weighted by molar-refractivity contribution is 5.91. The van der Waals surface area contributed by atoms with Crippen molar-refractivity contribution >= 4 is 5.97 Å². The largest absolute Gasteiger partial charge is 0.462 e. The average molecular weight is 257 g/mol. The average Bonchev–Trinajstić information content (AvgIpc) is 2.27. The standard InChI is InChI=1S/C12H10F3NO2/c1-3-18-11(17)9-5-10(12(13,14)15)8(6-16)4-7(9)2/h4-5H,3H2,1-2H3. The Bertz CT molecular complexity index is 515. The first-order valence-corrected chi connectivity index (χ1v) is 5.10. The zero-order chi connectivity index (χ0) is 13.9. The highest BCUT2D eigenvalue weighted by Crippen LogP contribution is 2.33. The van der Waals surface area contributed by atoms with Crippen molar-refractivity contribution in [2.45, 2.75) is 20.0 Å². The van der Waals surface area contributed by atoms with Crippen LogP contribution in [0.5, 0.6) is 0 Å². The summed E-state index contributed by atoms with van der Waals surface area (Å²) in [6.07, 6.45) is -4.68. The molecule has 1 aromatic carbocycles. The molecule has 0 saturated heterocycles. The third-order valence-electron chi connectivity index (χ3n) is 2.29. The summed E-state index contributed by atoms with van der Waals surface area (Å²) in [5, 5.41) is 8.67. The number of rotatable bonds is 2. The lowest BCUT2D eigenvalue weighted by atomic mass is 9.99. The van der Waals surface area contributed by atoms with E-state index >= 15 is 0 Å². The summed E-state index contributed by atoms with van der Waals surface area (Å²) < 4.78 is 42.7. The summed E-state index contributed by atoms with van der Waals surface area (Å²) in [6.45, 7) is 3.08. The molecule has 0 atom stereocenters. The molecule has 18 heavy (non-hydrogen) atoms. The molecule has 3 nitrogen and oxygen atoms in total.